The van der Waals surface area contributed by atoms with Gasteiger partial charge in [0.25, 0.3) is 0 Å². The molecule has 3 nitrogen and oxygen atoms in total. The summed E-state index contributed by atoms with van der Waals surface area (Å²) in [7, 11) is 0. The highest BCUT2D eigenvalue weighted by Gasteiger charge is 2.06. The molecule has 2 aromatic rings. The van der Waals surface area contributed by atoms with Crippen LogP contribution < -0.4 is 10.5 Å². The Morgan fingerprint density at radius 3 is 2.67 bits per heavy atom. The van der Waals surface area contributed by atoms with E-state index < -0.39 is 0 Å². The molecule has 0 amide bonds. The van der Waals surface area contributed by atoms with Gasteiger partial charge >= 0.3 is 0 Å². The largest absolute Gasteiger partial charge is 0.487 e. The van der Waals surface area contributed by atoms with E-state index in [1.165, 1.54) is 0 Å². The van der Waals surface area contributed by atoms with Crippen molar-refractivity contribution in [2.75, 3.05) is 5.73 Å². The Bertz CT molecular complexity index is 605. The Kier molecular flexibility index (Phi) is 3.85. The summed E-state index contributed by atoms with van der Waals surface area (Å²) in [5, 5.41) is 8.88. The summed E-state index contributed by atoms with van der Waals surface area (Å²) >= 11 is 3.45. The Balaban J connectivity index is 2.17. The standard InChI is InChI=1S/C14H11BrN2O/c15-12-6-2-1-4-11(12)9-18-13-7-3-5-10(8-16)14(13)17/h1-7H,9,17H2. The molecule has 4 heteroatoms. The highest BCUT2D eigenvalue weighted by atomic mass is 79.9. The van der Waals surface area contributed by atoms with Gasteiger partial charge in [0.05, 0.1) is 11.3 Å². The minimum absolute atomic E-state index is 0.382. The van der Waals surface area contributed by atoms with Crippen LogP contribution in [0.25, 0.3) is 0 Å². The summed E-state index contributed by atoms with van der Waals surface area (Å²) in [6.45, 7) is 0.403. The number of nitrogens with zero attached hydrogens (tertiary/aromatic N) is 1. The van der Waals surface area contributed by atoms with E-state index in [-0.39, 0.29) is 0 Å². The second-order valence-corrected chi connectivity index (χ2v) is 4.56. The maximum atomic E-state index is 8.88. The van der Waals surface area contributed by atoms with Gasteiger partial charge in [-0.2, -0.15) is 5.26 Å². The highest BCUT2D eigenvalue weighted by Crippen LogP contribution is 2.26. The van der Waals surface area contributed by atoms with E-state index in [2.05, 4.69) is 15.9 Å². The fourth-order valence-corrected chi connectivity index (χ4v) is 1.94. The van der Waals surface area contributed by atoms with Crippen LogP contribution in [0.4, 0.5) is 5.69 Å². The van der Waals surface area contributed by atoms with Gasteiger partial charge in [0.15, 0.2) is 0 Å². The predicted molar refractivity (Wildman–Crippen MR) is 74.0 cm³/mol. The SMILES string of the molecule is N#Cc1cccc(OCc2ccccc2Br)c1N. The first-order valence-electron chi connectivity index (χ1n) is 5.37. The molecule has 0 spiro atoms. The van der Waals surface area contributed by atoms with Gasteiger partial charge in [0.2, 0.25) is 0 Å². The molecular formula is C14H11BrN2O. The molecule has 0 atom stereocenters. The van der Waals surface area contributed by atoms with Crippen LogP contribution >= 0.6 is 15.9 Å². The number of ether oxygens (including phenoxy) is 1. The molecule has 18 heavy (non-hydrogen) atoms. The fraction of sp³-hybridized carbons (Fsp3) is 0.0714. The normalized spacial score (nSPS) is 9.78. The molecule has 2 N–H and O–H groups in total. The number of anilines is 1. The molecule has 0 saturated carbocycles. The third-order valence-corrected chi connectivity index (χ3v) is 3.30. The predicted octanol–water partition coefficient (Wildman–Crippen LogP) is 3.48. The Hall–Kier alpha value is -1.99. The van der Waals surface area contributed by atoms with Crippen LogP contribution in [0.15, 0.2) is 46.9 Å². The zero-order chi connectivity index (χ0) is 13.0. The Morgan fingerprint density at radius 1 is 1.17 bits per heavy atom. The van der Waals surface area contributed by atoms with Crippen LogP contribution in [0.3, 0.4) is 0 Å². The van der Waals surface area contributed by atoms with Crippen LogP contribution in [-0.2, 0) is 6.61 Å². The van der Waals surface area contributed by atoms with Crippen molar-refractivity contribution in [3.63, 3.8) is 0 Å². The van der Waals surface area contributed by atoms with Gasteiger partial charge < -0.3 is 10.5 Å². The zero-order valence-electron chi connectivity index (χ0n) is 9.56. The Labute approximate surface area is 114 Å². The number of nitrogen functional groups attached to an aromatic ring is 1. The number of benzene rings is 2. The van der Waals surface area contributed by atoms with Gasteiger partial charge in [0, 0.05) is 10.0 Å². The first kappa shape index (κ1) is 12.5. The van der Waals surface area contributed by atoms with Crippen molar-refractivity contribution in [3.8, 4) is 11.8 Å². The van der Waals surface area contributed by atoms with E-state index in [1.54, 1.807) is 18.2 Å². The molecule has 2 aromatic carbocycles. The summed E-state index contributed by atoms with van der Waals surface area (Å²) in [5.74, 6) is 0.532. The van der Waals surface area contributed by atoms with Crippen LogP contribution in [0.1, 0.15) is 11.1 Å². The fourth-order valence-electron chi connectivity index (χ4n) is 1.54. The van der Waals surface area contributed by atoms with Crippen molar-refractivity contribution < 1.29 is 4.74 Å². The third-order valence-electron chi connectivity index (χ3n) is 2.53. The zero-order valence-corrected chi connectivity index (χ0v) is 11.1. The molecule has 2 rings (SSSR count). The second kappa shape index (κ2) is 5.56. The average molecular weight is 303 g/mol. The molecule has 0 aromatic heterocycles. The maximum Gasteiger partial charge on any atom is 0.144 e. The molecule has 0 heterocycles. The lowest BCUT2D eigenvalue weighted by atomic mass is 10.2. The van der Waals surface area contributed by atoms with E-state index in [0.29, 0.717) is 23.6 Å². The average Bonchev–Trinajstić information content (AvgIpc) is 2.39. The van der Waals surface area contributed by atoms with Crippen molar-refractivity contribution in [3.05, 3.63) is 58.1 Å². The van der Waals surface area contributed by atoms with Gasteiger partial charge in [-0.1, -0.05) is 40.2 Å². The number of nitrogens with two attached hydrogens (primary N) is 1. The van der Waals surface area contributed by atoms with Crippen LogP contribution in [0.2, 0.25) is 0 Å². The number of rotatable bonds is 3. The molecule has 0 fully saturated rings. The molecule has 0 bridgehead atoms. The number of hydrogen-bond acceptors (Lipinski definition) is 3. The topological polar surface area (TPSA) is 59.0 Å². The van der Waals surface area contributed by atoms with Gasteiger partial charge in [-0.3, -0.25) is 0 Å². The van der Waals surface area contributed by atoms with Crippen LogP contribution in [-0.4, -0.2) is 0 Å². The van der Waals surface area contributed by atoms with Crippen molar-refractivity contribution in [1.82, 2.24) is 0 Å². The van der Waals surface area contributed by atoms with Crippen LogP contribution in [0.5, 0.6) is 5.75 Å². The van der Waals surface area contributed by atoms with Gasteiger partial charge in [0.1, 0.15) is 18.4 Å². The minimum Gasteiger partial charge on any atom is -0.487 e. The molecule has 0 radical (unpaired) electrons. The molecule has 0 aliphatic heterocycles. The molecular weight excluding hydrogens is 292 g/mol. The smallest absolute Gasteiger partial charge is 0.144 e. The van der Waals surface area contributed by atoms with Gasteiger partial charge in [-0.05, 0) is 18.2 Å². The molecule has 0 aliphatic rings. The first-order valence-corrected chi connectivity index (χ1v) is 6.16. The van der Waals surface area contributed by atoms with Gasteiger partial charge in [-0.25, -0.2) is 0 Å². The van der Waals surface area contributed by atoms with E-state index >= 15 is 0 Å². The summed E-state index contributed by atoms with van der Waals surface area (Å²) in [4.78, 5) is 0. The quantitative estimate of drug-likeness (QED) is 0.883. The van der Waals surface area contributed by atoms with Gasteiger partial charge in [-0.15, -0.1) is 0 Å². The lowest BCUT2D eigenvalue weighted by molar-refractivity contribution is 0.307. The monoisotopic (exact) mass is 302 g/mol. The van der Waals surface area contributed by atoms with E-state index in [9.17, 15) is 0 Å². The molecule has 0 unspecified atom stereocenters. The lowest BCUT2D eigenvalue weighted by Gasteiger charge is -2.10. The Morgan fingerprint density at radius 2 is 1.94 bits per heavy atom. The number of nitriles is 1. The summed E-state index contributed by atoms with van der Waals surface area (Å²) < 4.78 is 6.63. The third kappa shape index (κ3) is 2.63. The van der Waals surface area contributed by atoms with Crippen molar-refractivity contribution in [2.45, 2.75) is 6.61 Å². The molecule has 0 saturated heterocycles. The molecule has 0 aliphatic carbocycles. The number of halogens is 1. The van der Waals surface area contributed by atoms with E-state index in [4.69, 9.17) is 15.7 Å². The summed E-state index contributed by atoms with van der Waals surface area (Å²) in [6, 6.07) is 15.0. The summed E-state index contributed by atoms with van der Waals surface area (Å²) in [5.41, 5.74) is 7.68. The second-order valence-electron chi connectivity index (χ2n) is 3.71. The van der Waals surface area contributed by atoms with E-state index in [1.807, 2.05) is 30.3 Å². The van der Waals surface area contributed by atoms with Crippen molar-refractivity contribution in [1.29, 1.82) is 5.26 Å². The lowest BCUT2D eigenvalue weighted by Crippen LogP contribution is -2.00. The highest BCUT2D eigenvalue weighted by molar-refractivity contribution is 9.10. The molecule has 90 valence electrons. The first-order chi connectivity index (χ1) is 8.72. The maximum absolute atomic E-state index is 8.88. The van der Waals surface area contributed by atoms with E-state index in [0.717, 1.165) is 10.0 Å². The summed E-state index contributed by atoms with van der Waals surface area (Å²) in [6.07, 6.45) is 0. The van der Waals surface area contributed by atoms with Crippen LogP contribution in [0, 0.1) is 11.3 Å². The minimum atomic E-state index is 0.382. The van der Waals surface area contributed by atoms with Crippen molar-refractivity contribution >= 4 is 21.6 Å². The van der Waals surface area contributed by atoms with Crippen molar-refractivity contribution in [2.24, 2.45) is 0 Å². The number of para-hydroxylation sites is 1. The number of hydrogen-bond donors (Lipinski definition) is 1.